The monoisotopic (exact) mass is 432 g/mol. The molecule has 164 valence electrons. The zero-order valence-corrected chi connectivity index (χ0v) is 18.0. The van der Waals surface area contributed by atoms with E-state index in [0.29, 0.717) is 28.5 Å². The van der Waals surface area contributed by atoms with E-state index in [1.165, 1.54) is 14.0 Å². The van der Waals surface area contributed by atoms with Crippen LogP contribution in [-0.2, 0) is 9.59 Å². The summed E-state index contributed by atoms with van der Waals surface area (Å²) < 4.78 is 16.3. The molecule has 3 aromatic rings. The molecule has 2 N–H and O–H groups in total. The minimum absolute atomic E-state index is 0.0920. The fourth-order valence-electron chi connectivity index (χ4n) is 2.89. The van der Waals surface area contributed by atoms with E-state index >= 15 is 0 Å². The zero-order valence-electron chi connectivity index (χ0n) is 18.0. The van der Waals surface area contributed by atoms with E-state index in [0.717, 1.165) is 5.75 Å². The fourth-order valence-corrected chi connectivity index (χ4v) is 2.89. The highest BCUT2D eigenvalue weighted by Gasteiger charge is 2.13. The second kappa shape index (κ2) is 10.7. The molecule has 3 rings (SSSR count). The van der Waals surface area contributed by atoms with Gasteiger partial charge in [-0.2, -0.15) is 0 Å². The van der Waals surface area contributed by atoms with E-state index in [2.05, 4.69) is 10.6 Å². The molecule has 0 fully saturated rings. The van der Waals surface area contributed by atoms with Gasteiger partial charge in [-0.05, 0) is 60.2 Å². The lowest BCUT2D eigenvalue weighted by molar-refractivity contribution is -0.120. The van der Waals surface area contributed by atoms with Gasteiger partial charge in [0.25, 0.3) is 5.91 Å². The highest BCUT2D eigenvalue weighted by molar-refractivity contribution is 6.08. The van der Waals surface area contributed by atoms with Crippen LogP contribution in [0.5, 0.6) is 23.0 Å². The van der Waals surface area contributed by atoms with Gasteiger partial charge in [-0.3, -0.25) is 9.59 Å². The van der Waals surface area contributed by atoms with E-state index in [4.69, 9.17) is 14.2 Å². The summed E-state index contributed by atoms with van der Waals surface area (Å²) in [6, 6.07) is 21.5. The molecule has 0 unspecified atom stereocenters. The van der Waals surface area contributed by atoms with E-state index in [9.17, 15) is 9.59 Å². The molecular weight excluding hydrogens is 408 g/mol. The third-order valence-corrected chi connectivity index (χ3v) is 4.37. The Morgan fingerprint density at radius 1 is 0.812 bits per heavy atom. The molecule has 3 aromatic carbocycles. The van der Waals surface area contributed by atoms with Crippen LogP contribution in [0.25, 0.3) is 6.08 Å². The SMILES string of the molecule is COc1ccc(/C=C(/NC(C)=O)C(=O)Nc2ccc(Oc3ccccc3)cc2)cc1OC. The van der Waals surface area contributed by atoms with Crippen LogP contribution in [0.1, 0.15) is 12.5 Å². The molecule has 32 heavy (non-hydrogen) atoms. The highest BCUT2D eigenvalue weighted by atomic mass is 16.5. The van der Waals surface area contributed by atoms with Crippen molar-refractivity contribution in [3.05, 3.63) is 84.1 Å². The summed E-state index contributed by atoms with van der Waals surface area (Å²) in [5, 5.41) is 5.35. The number of methoxy groups -OCH3 is 2. The quantitative estimate of drug-likeness (QED) is 0.508. The van der Waals surface area contributed by atoms with Gasteiger partial charge >= 0.3 is 0 Å². The number of anilines is 1. The van der Waals surface area contributed by atoms with Gasteiger partial charge in [-0.15, -0.1) is 0 Å². The van der Waals surface area contributed by atoms with Crippen molar-refractivity contribution >= 4 is 23.6 Å². The lowest BCUT2D eigenvalue weighted by Gasteiger charge is -2.12. The zero-order chi connectivity index (χ0) is 22.9. The van der Waals surface area contributed by atoms with Gasteiger partial charge < -0.3 is 24.8 Å². The molecule has 0 aliphatic heterocycles. The topological polar surface area (TPSA) is 85.9 Å². The number of carbonyl (C=O) groups excluding carboxylic acids is 2. The van der Waals surface area contributed by atoms with Crippen LogP contribution in [-0.4, -0.2) is 26.0 Å². The first-order valence-electron chi connectivity index (χ1n) is 9.84. The Hall–Kier alpha value is -4.26. The lowest BCUT2D eigenvalue weighted by Crippen LogP contribution is -2.28. The van der Waals surface area contributed by atoms with Crippen LogP contribution >= 0.6 is 0 Å². The lowest BCUT2D eigenvalue weighted by atomic mass is 10.1. The number of para-hydroxylation sites is 1. The van der Waals surface area contributed by atoms with Crippen molar-refractivity contribution in [2.45, 2.75) is 6.92 Å². The smallest absolute Gasteiger partial charge is 0.272 e. The van der Waals surface area contributed by atoms with Crippen molar-refractivity contribution in [1.29, 1.82) is 0 Å². The maximum atomic E-state index is 12.8. The van der Waals surface area contributed by atoms with Crippen molar-refractivity contribution in [3.8, 4) is 23.0 Å². The molecule has 0 spiro atoms. The van der Waals surface area contributed by atoms with Crippen molar-refractivity contribution in [1.82, 2.24) is 5.32 Å². The van der Waals surface area contributed by atoms with Crippen molar-refractivity contribution < 1.29 is 23.8 Å². The third-order valence-electron chi connectivity index (χ3n) is 4.37. The van der Waals surface area contributed by atoms with Crippen LogP contribution in [0.2, 0.25) is 0 Å². The molecule has 0 radical (unpaired) electrons. The van der Waals surface area contributed by atoms with Gasteiger partial charge in [0.05, 0.1) is 14.2 Å². The predicted molar refractivity (Wildman–Crippen MR) is 123 cm³/mol. The normalized spacial score (nSPS) is 10.8. The standard InChI is InChI=1S/C25H24N2O5/c1-17(28)26-22(15-18-9-14-23(30-2)24(16-18)31-3)25(29)27-19-10-12-21(13-11-19)32-20-7-5-4-6-8-20/h4-16H,1-3H3,(H,26,28)(H,27,29)/b22-15+. The molecule has 7 nitrogen and oxygen atoms in total. The first kappa shape index (κ1) is 22.4. The van der Waals surface area contributed by atoms with Gasteiger partial charge in [-0.1, -0.05) is 24.3 Å². The predicted octanol–water partition coefficient (Wildman–Crippen LogP) is 4.61. The van der Waals surface area contributed by atoms with Gasteiger partial charge in [0.1, 0.15) is 17.2 Å². The van der Waals surface area contributed by atoms with Crippen LogP contribution in [0.15, 0.2) is 78.5 Å². The summed E-state index contributed by atoms with van der Waals surface area (Å²) in [4.78, 5) is 24.5. The second-order valence-corrected chi connectivity index (χ2v) is 6.75. The van der Waals surface area contributed by atoms with Crippen molar-refractivity contribution in [3.63, 3.8) is 0 Å². The van der Waals surface area contributed by atoms with Crippen LogP contribution in [0.4, 0.5) is 5.69 Å². The van der Waals surface area contributed by atoms with Gasteiger partial charge in [0, 0.05) is 12.6 Å². The summed E-state index contributed by atoms with van der Waals surface area (Å²) in [6.45, 7) is 1.34. The molecule has 2 amide bonds. The van der Waals surface area contributed by atoms with Crippen molar-refractivity contribution in [2.24, 2.45) is 0 Å². The van der Waals surface area contributed by atoms with Crippen molar-refractivity contribution in [2.75, 3.05) is 19.5 Å². The van der Waals surface area contributed by atoms with E-state index in [1.807, 2.05) is 30.3 Å². The van der Waals surface area contributed by atoms with Gasteiger partial charge in [0.2, 0.25) is 5.91 Å². The third kappa shape index (κ3) is 6.12. The summed E-state index contributed by atoms with van der Waals surface area (Å²) in [5.74, 6) is 1.60. The number of ether oxygens (including phenoxy) is 3. The number of carbonyl (C=O) groups is 2. The number of benzene rings is 3. The molecule has 0 saturated carbocycles. The molecule has 0 heterocycles. The number of nitrogens with one attached hydrogen (secondary N) is 2. The number of hydrogen-bond donors (Lipinski definition) is 2. The Morgan fingerprint density at radius 3 is 2.09 bits per heavy atom. The molecule has 0 saturated heterocycles. The maximum absolute atomic E-state index is 12.8. The molecule has 7 heteroatoms. The molecule has 0 aromatic heterocycles. The maximum Gasteiger partial charge on any atom is 0.272 e. The first-order valence-corrected chi connectivity index (χ1v) is 9.84. The Morgan fingerprint density at radius 2 is 1.47 bits per heavy atom. The average Bonchev–Trinajstić information content (AvgIpc) is 2.80. The van der Waals surface area contributed by atoms with E-state index in [-0.39, 0.29) is 11.6 Å². The first-order chi connectivity index (χ1) is 15.5. The average molecular weight is 432 g/mol. The summed E-state index contributed by atoms with van der Waals surface area (Å²) in [6.07, 6.45) is 1.56. The largest absolute Gasteiger partial charge is 0.493 e. The molecule has 0 atom stereocenters. The van der Waals surface area contributed by atoms with Crippen LogP contribution in [0.3, 0.4) is 0 Å². The highest BCUT2D eigenvalue weighted by Crippen LogP contribution is 2.28. The Balaban J connectivity index is 1.76. The fraction of sp³-hybridized carbons (Fsp3) is 0.120. The van der Waals surface area contributed by atoms with Crippen LogP contribution in [0, 0.1) is 0 Å². The minimum Gasteiger partial charge on any atom is -0.493 e. The Bertz CT molecular complexity index is 1110. The summed E-state index contributed by atoms with van der Waals surface area (Å²) in [7, 11) is 3.07. The van der Waals surface area contributed by atoms with E-state index < -0.39 is 5.91 Å². The summed E-state index contributed by atoms with van der Waals surface area (Å²) >= 11 is 0. The Labute approximate surface area is 186 Å². The number of hydrogen-bond acceptors (Lipinski definition) is 5. The van der Waals surface area contributed by atoms with Gasteiger partial charge in [0.15, 0.2) is 11.5 Å². The Kier molecular flexibility index (Phi) is 7.48. The van der Waals surface area contributed by atoms with Crippen LogP contribution < -0.4 is 24.8 Å². The number of rotatable bonds is 8. The molecule has 0 aliphatic carbocycles. The van der Waals surface area contributed by atoms with Gasteiger partial charge in [-0.25, -0.2) is 0 Å². The molecule has 0 aliphatic rings. The minimum atomic E-state index is -0.466. The van der Waals surface area contributed by atoms with E-state index in [1.54, 1.807) is 55.7 Å². The molecular formula is C25H24N2O5. The summed E-state index contributed by atoms with van der Waals surface area (Å²) in [5.41, 5.74) is 1.31. The number of amides is 2. The second-order valence-electron chi connectivity index (χ2n) is 6.75. The molecule has 0 bridgehead atoms.